The van der Waals surface area contributed by atoms with Gasteiger partial charge in [0, 0.05) is 6.42 Å². The summed E-state index contributed by atoms with van der Waals surface area (Å²) < 4.78 is 11.3. The summed E-state index contributed by atoms with van der Waals surface area (Å²) in [4.78, 5) is 13.1. The zero-order chi connectivity index (χ0) is 55.0. The van der Waals surface area contributed by atoms with Crippen LogP contribution < -0.4 is 5.32 Å². The third-order valence-electron chi connectivity index (χ3n) is 15.0. The Labute approximate surface area is 468 Å². The van der Waals surface area contributed by atoms with E-state index in [0.717, 1.165) is 70.6 Å². The summed E-state index contributed by atoms with van der Waals surface area (Å²) in [5.74, 6) is -0.176. The van der Waals surface area contributed by atoms with E-state index in [1.165, 1.54) is 199 Å². The summed E-state index contributed by atoms with van der Waals surface area (Å²) in [6.07, 6.45) is 71.2. The molecule has 442 valence electrons. The molecule has 1 rings (SSSR count). The molecule has 7 atom stereocenters. The van der Waals surface area contributed by atoms with Crippen LogP contribution in [-0.2, 0) is 14.3 Å². The molecule has 9 nitrogen and oxygen atoms in total. The lowest BCUT2D eigenvalue weighted by atomic mass is 9.99. The van der Waals surface area contributed by atoms with Gasteiger partial charge < -0.3 is 40.3 Å². The van der Waals surface area contributed by atoms with Gasteiger partial charge in [-0.1, -0.05) is 292 Å². The smallest absolute Gasteiger partial charge is 0.220 e. The van der Waals surface area contributed by atoms with E-state index in [9.17, 15) is 30.3 Å². The number of carbonyl (C=O) groups is 1. The van der Waals surface area contributed by atoms with Crippen molar-refractivity contribution in [3.63, 3.8) is 0 Å². The van der Waals surface area contributed by atoms with Crippen molar-refractivity contribution in [2.24, 2.45) is 0 Å². The van der Waals surface area contributed by atoms with Crippen molar-refractivity contribution in [3.05, 3.63) is 72.9 Å². The number of carbonyl (C=O) groups excluding carboxylic acids is 1. The number of hydrogen-bond donors (Lipinski definition) is 6. The molecule has 1 fully saturated rings. The Morgan fingerprint density at radius 2 is 0.816 bits per heavy atom. The maximum absolute atomic E-state index is 13.1. The first kappa shape index (κ1) is 71.6. The van der Waals surface area contributed by atoms with E-state index in [0.29, 0.717) is 6.42 Å². The summed E-state index contributed by atoms with van der Waals surface area (Å²) in [5, 5.41) is 54.7. The SMILES string of the molecule is CC/C=C\C/C=C\C/C=C\C/C=C\C/C=C\CCCCCCCCCCCCCCCCCC(=O)NC(COC1OC(CO)C(O)C(O)C1O)C(O)/C=C/CCCCCCCCCCCCCCCCCCCCCC. The topological polar surface area (TPSA) is 149 Å². The largest absolute Gasteiger partial charge is 0.394 e. The molecular weight excluding hydrogens is 947 g/mol. The van der Waals surface area contributed by atoms with Crippen LogP contribution in [0.25, 0.3) is 0 Å². The molecular formula is C67H121NO8. The summed E-state index contributed by atoms with van der Waals surface area (Å²) in [5.41, 5.74) is 0. The average Bonchev–Trinajstić information content (AvgIpc) is 3.42. The van der Waals surface area contributed by atoms with Gasteiger partial charge in [0.2, 0.25) is 5.91 Å². The standard InChI is InChI=1S/C67H121NO8/c1-3-5-7-9-11-13-15-17-19-21-23-25-27-28-29-30-31-32-33-34-35-37-39-41-43-45-47-49-51-53-55-57-63(71)68-60(59-75-67-66(74)65(73)64(72)62(58-69)76-67)61(70)56-54-52-50-48-46-44-42-40-38-36-26-24-22-20-18-16-14-12-10-8-6-4-2/h5,7,11,13,17,19,23,25,28-29,54,56,60-62,64-67,69-70,72-74H,3-4,6,8-10,12,14-16,18,20-22,24,26-27,30-53,55,57-59H2,1-2H3,(H,68,71)/b7-5-,13-11-,19-17-,25-23-,29-28-,56-54+. The molecule has 1 aliphatic rings. The molecule has 0 radical (unpaired) electrons. The van der Waals surface area contributed by atoms with Crippen molar-refractivity contribution in [2.45, 2.75) is 333 Å². The van der Waals surface area contributed by atoms with Gasteiger partial charge in [0.05, 0.1) is 25.4 Å². The van der Waals surface area contributed by atoms with Gasteiger partial charge in [-0.05, 0) is 64.2 Å². The van der Waals surface area contributed by atoms with Crippen LogP contribution in [0.3, 0.4) is 0 Å². The molecule has 76 heavy (non-hydrogen) atoms. The second kappa shape index (κ2) is 55.9. The number of unbranched alkanes of at least 4 members (excludes halogenated alkanes) is 35. The molecule has 0 aliphatic carbocycles. The number of nitrogens with one attached hydrogen (secondary N) is 1. The second-order valence-corrected chi connectivity index (χ2v) is 22.2. The van der Waals surface area contributed by atoms with Gasteiger partial charge in [0.15, 0.2) is 6.29 Å². The van der Waals surface area contributed by atoms with E-state index in [-0.39, 0.29) is 12.5 Å². The normalized spacial score (nSPS) is 19.3. The van der Waals surface area contributed by atoms with Crippen LogP contribution in [0, 0.1) is 0 Å². The predicted molar refractivity (Wildman–Crippen MR) is 322 cm³/mol. The molecule has 1 saturated heterocycles. The highest BCUT2D eigenvalue weighted by Crippen LogP contribution is 2.23. The quantitative estimate of drug-likeness (QED) is 0.0261. The Morgan fingerprint density at radius 1 is 0.461 bits per heavy atom. The molecule has 0 saturated carbocycles. The van der Waals surface area contributed by atoms with Gasteiger partial charge in [-0.15, -0.1) is 0 Å². The van der Waals surface area contributed by atoms with Gasteiger partial charge in [-0.2, -0.15) is 0 Å². The van der Waals surface area contributed by atoms with Crippen LogP contribution in [0.5, 0.6) is 0 Å². The molecule has 0 aromatic rings. The predicted octanol–water partition coefficient (Wildman–Crippen LogP) is 16.8. The van der Waals surface area contributed by atoms with Crippen LogP contribution in [0.1, 0.15) is 290 Å². The molecule has 6 N–H and O–H groups in total. The van der Waals surface area contributed by atoms with Crippen molar-refractivity contribution < 1.29 is 39.8 Å². The highest BCUT2D eigenvalue weighted by atomic mass is 16.7. The minimum absolute atomic E-state index is 0.176. The zero-order valence-electron chi connectivity index (χ0n) is 49.3. The number of hydrogen-bond acceptors (Lipinski definition) is 8. The lowest BCUT2D eigenvalue weighted by Gasteiger charge is -2.40. The molecule has 9 heteroatoms. The number of amides is 1. The van der Waals surface area contributed by atoms with Gasteiger partial charge in [-0.25, -0.2) is 0 Å². The van der Waals surface area contributed by atoms with E-state index in [2.05, 4.69) is 79.9 Å². The van der Waals surface area contributed by atoms with Crippen LogP contribution in [0.2, 0.25) is 0 Å². The summed E-state index contributed by atoms with van der Waals surface area (Å²) in [7, 11) is 0. The van der Waals surface area contributed by atoms with Crippen molar-refractivity contribution in [3.8, 4) is 0 Å². The molecule has 7 unspecified atom stereocenters. The van der Waals surface area contributed by atoms with Crippen molar-refractivity contribution in [1.82, 2.24) is 5.32 Å². The fourth-order valence-corrected chi connectivity index (χ4v) is 10.0. The molecule has 0 spiro atoms. The summed E-state index contributed by atoms with van der Waals surface area (Å²) in [6.45, 7) is 3.70. The molecule has 0 bridgehead atoms. The maximum atomic E-state index is 13.1. The van der Waals surface area contributed by atoms with Crippen molar-refractivity contribution in [1.29, 1.82) is 0 Å². The number of aliphatic hydroxyl groups is 5. The first-order chi connectivity index (χ1) is 37.3. The van der Waals surface area contributed by atoms with Crippen molar-refractivity contribution in [2.75, 3.05) is 13.2 Å². The van der Waals surface area contributed by atoms with E-state index >= 15 is 0 Å². The zero-order valence-corrected chi connectivity index (χ0v) is 49.3. The Hall–Kier alpha value is -2.37. The highest BCUT2D eigenvalue weighted by molar-refractivity contribution is 5.76. The van der Waals surface area contributed by atoms with Gasteiger partial charge in [0.1, 0.15) is 24.4 Å². The number of allylic oxidation sites excluding steroid dienone is 11. The van der Waals surface area contributed by atoms with Crippen molar-refractivity contribution >= 4 is 5.91 Å². The lowest BCUT2D eigenvalue weighted by Crippen LogP contribution is -2.60. The Bertz CT molecular complexity index is 1420. The lowest BCUT2D eigenvalue weighted by molar-refractivity contribution is -0.302. The van der Waals surface area contributed by atoms with Gasteiger partial charge >= 0.3 is 0 Å². The molecule has 0 aromatic heterocycles. The number of aliphatic hydroxyl groups excluding tert-OH is 5. The van der Waals surface area contributed by atoms with Gasteiger partial charge in [0.25, 0.3) is 0 Å². The van der Waals surface area contributed by atoms with E-state index in [1.807, 2.05) is 6.08 Å². The highest BCUT2D eigenvalue weighted by Gasteiger charge is 2.44. The molecule has 1 amide bonds. The first-order valence-electron chi connectivity index (χ1n) is 32.2. The van der Waals surface area contributed by atoms with Crippen LogP contribution in [0.15, 0.2) is 72.9 Å². The summed E-state index contributed by atoms with van der Waals surface area (Å²) >= 11 is 0. The second-order valence-electron chi connectivity index (χ2n) is 22.2. The fraction of sp³-hybridized carbons (Fsp3) is 0.806. The Kier molecular flexibility index (Phi) is 52.7. The third-order valence-corrected chi connectivity index (χ3v) is 15.0. The molecule has 0 aromatic carbocycles. The van der Waals surface area contributed by atoms with Crippen LogP contribution in [-0.4, -0.2) is 87.5 Å². The van der Waals surface area contributed by atoms with Crippen LogP contribution >= 0.6 is 0 Å². The maximum Gasteiger partial charge on any atom is 0.220 e. The van der Waals surface area contributed by atoms with E-state index in [4.69, 9.17) is 9.47 Å². The molecule has 1 heterocycles. The number of rotatable bonds is 55. The van der Waals surface area contributed by atoms with E-state index in [1.54, 1.807) is 6.08 Å². The van der Waals surface area contributed by atoms with Crippen LogP contribution in [0.4, 0.5) is 0 Å². The monoisotopic (exact) mass is 1070 g/mol. The number of ether oxygens (including phenoxy) is 2. The first-order valence-corrected chi connectivity index (χ1v) is 32.2. The minimum Gasteiger partial charge on any atom is -0.394 e. The Morgan fingerprint density at radius 3 is 1.21 bits per heavy atom. The Balaban J connectivity index is 2.16. The van der Waals surface area contributed by atoms with Gasteiger partial charge in [-0.3, -0.25) is 4.79 Å². The third kappa shape index (κ3) is 44.5. The fourth-order valence-electron chi connectivity index (χ4n) is 10.0. The molecule has 1 aliphatic heterocycles. The minimum atomic E-state index is -1.57. The summed E-state index contributed by atoms with van der Waals surface area (Å²) in [6, 6.07) is -0.809. The average molecular weight is 1070 g/mol. The van der Waals surface area contributed by atoms with E-state index < -0.39 is 49.5 Å².